The minimum Gasteiger partial charge on any atom is -0.507 e. The first-order valence-corrected chi connectivity index (χ1v) is 7.00. The Morgan fingerprint density at radius 2 is 2.16 bits per heavy atom. The van der Waals surface area contributed by atoms with E-state index < -0.39 is 0 Å². The SMILES string of the molecule is CC(=O)c1cc(Cl)cc(CN(C)C(C)C2CC2)c1O. The minimum absolute atomic E-state index is 0.0618. The second kappa shape index (κ2) is 5.51. The minimum atomic E-state index is -0.167. The molecule has 1 N–H and O–H groups in total. The lowest BCUT2D eigenvalue weighted by molar-refractivity contribution is 0.101. The fourth-order valence-corrected chi connectivity index (χ4v) is 2.64. The van der Waals surface area contributed by atoms with Gasteiger partial charge in [-0.2, -0.15) is 0 Å². The first-order valence-electron chi connectivity index (χ1n) is 6.62. The summed E-state index contributed by atoms with van der Waals surface area (Å²) in [6.45, 7) is 4.24. The van der Waals surface area contributed by atoms with Gasteiger partial charge >= 0.3 is 0 Å². The maximum atomic E-state index is 11.5. The van der Waals surface area contributed by atoms with Gasteiger partial charge in [0, 0.05) is 23.2 Å². The molecule has 0 radical (unpaired) electrons. The third-order valence-corrected chi connectivity index (χ3v) is 4.17. The van der Waals surface area contributed by atoms with Crippen LogP contribution in [0, 0.1) is 5.92 Å². The highest BCUT2D eigenvalue weighted by Crippen LogP contribution is 2.36. The van der Waals surface area contributed by atoms with Gasteiger partial charge in [-0.05, 0) is 51.8 Å². The lowest BCUT2D eigenvalue weighted by Gasteiger charge is -2.25. The number of carbonyl (C=O) groups excluding carboxylic acids is 1. The maximum absolute atomic E-state index is 11.5. The quantitative estimate of drug-likeness (QED) is 0.840. The van der Waals surface area contributed by atoms with Crippen LogP contribution in [-0.4, -0.2) is 28.9 Å². The molecule has 1 fully saturated rings. The van der Waals surface area contributed by atoms with Gasteiger partial charge in [-0.25, -0.2) is 0 Å². The fourth-order valence-electron chi connectivity index (χ4n) is 2.40. The zero-order chi connectivity index (χ0) is 14.2. The van der Waals surface area contributed by atoms with E-state index in [1.165, 1.54) is 25.8 Å². The van der Waals surface area contributed by atoms with Crippen LogP contribution in [0.2, 0.25) is 5.02 Å². The Morgan fingerprint density at radius 3 is 2.68 bits per heavy atom. The van der Waals surface area contributed by atoms with Gasteiger partial charge in [-0.15, -0.1) is 0 Å². The van der Waals surface area contributed by atoms with Crippen molar-refractivity contribution in [1.29, 1.82) is 0 Å². The standard InChI is InChI=1S/C15H20ClNO2/c1-9(11-4-5-11)17(3)8-12-6-13(16)7-14(10(2)18)15(12)19/h6-7,9,11,19H,4-5,8H2,1-3H3. The van der Waals surface area contributed by atoms with E-state index in [0.29, 0.717) is 28.7 Å². The normalized spacial score (nSPS) is 16.7. The first-order chi connectivity index (χ1) is 8.90. The Kier molecular flexibility index (Phi) is 4.16. The van der Waals surface area contributed by atoms with Crippen LogP contribution >= 0.6 is 11.6 Å². The number of hydrogen-bond donors (Lipinski definition) is 1. The van der Waals surface area contributed by atoms with Crippen molar-refractivity contribution in [2.45, 2.75) is 39.3 Å². The van der Waals surface area contributed by atoms with Crippen molar-refractivity contribution in [2.24, 2.45) is 5.92 Å². The van der Waals surface area contributed by atoms with Crippen LogP contribution in [-0.2, 0) is 6.54 Å². The van der Waals surface area contributed by atoms with E-state index in [-0.39, 0.29) is 11.5 Å². The van der Waals surface area contributed by atoms with Gasteiger partial charge in [-0.1, -0.05) is 11.6 Å². The topological polar surface area (TPSA) is 40.5 Å². The Balaban J connectivity index is 2.21. The number of phenolic OH excluding ortho intramolecular Hbond substituents is 1. The van der Waals surface area contributed by atoms with Crippen LogP contribution in [0.5, 0.6) is 5.75 Å². The second-order valence-corrected chi connectivity index (χ2v) is 5.95. The van der Waals surface area contributed by atoms with Crippen molar-refractivity contribution in [2.75, 3.05) is 7.05 Å². The largest absolute Gasteiger partial charge is 0.507 e. The molecule has 1 aromatic carbocycles. The number of Topliss-reactive ketones (excluding diaryl/α,β-unsaturated/α-hetero) is 1. The molecule has 19 heavy (non-hydrogen) atoms. The molecule has 0 aliphatic heterocycles. The van der Waals surface area contributed by atoms with Gasteiger partial charge in [0.05, 0.1) is 5.56 Å². The predicted octanol–water partition coefficient (Wildman–Crippen LogP) is 3.48. The molecule has 0 amide bonds. The molecule has 1 aliphatic rings. The van der Waals surface area contributed by atoms with E-state index in [0.717, 1.165) is 5.92 Å². The molecule has 3 nitrogen and oxygen atoms in total. The van der Waals surface area contributed by atoms with Crippen LogP contribution in [0.1, 0.15) is 42.6 Å². The molecule has 0 spiro atoms. The van der Waals surface area contributed by atoms with Crippen LogP contribution in [0.3, 0.4) is 0 Å². The van der Waals surface area contributed by atoms with Gasteiger partial charge in [0.1, 0.15) is 5.75 Å². The summed E-state index contributed by atoms with van der Waals surface area (Å²) in [6.07, 6.45) is 2.57. The molecule has 0 aromatic heterocycles. The third-order valence-electron chi connectivity index (χ3n) is 3.95. The van der Waals surface area contributed by atoms with Crippen molar-refractivity contribution in [3.8, 4) is 5.75 Å². The lowest BCUT2D eigenvalue weighted by atomic mass is 10.0. The highest BCUT2D eigenvalue weighted by molar-refractivity contribution is 6.31. The lowest BCUT2D eigenvalue weighted by Crippen LogP contribution is -2.30. The van der Waals surface area contributed by atoms with Gasteiger partial charge in [0.15, 0.2) is 5.78 Å². The summed E-state index contributed by atoms with van der Waals surface area (Å²) in [5, 5.41) is 10.7. The highest BCUT2D eigenvalue weighted by atomic mass is 35.5. The molecule has 4 heteroatoms. The van der Waals surface area contributed by atoms with Gasteiger partial charge < -0.3 is 5.11 Å². The zero-order valence-corrected chi connectivity index (χ0v) is 12.4. The zero-order valence-electron chi connectivity index (χ0n) is 11.6. The summed E-state index contributed by atoms with van der Waals surface area (Å²) in [7, 11) is 2.04. The summed E-state index contributed by atoms with van der Waals surface area (Å²) in [6, 6.07) is 3.74. The summed E-state index contributed by atoms with van der Waals surface area (Å²) < 4.78 is 0. The van der Waals surface area contributed by atoms with Crippen LogP contribution in [0.4, 0.5) is 0 Å². The highest BCUT2D eigenvalue weighted by Gasteiger charge is 2.30. The number of rotatable bonds is 5. The molecule has 1 aromatic rings. The Bertz CT molecular complexity index is 497. The molecule has 1 atom stereocenters. The van der Waals surface area contributed by atoms with E-state index in [1.54, 1.807) is 6.07 Å². The van der Waals surface area contributed by atoms with Gasteiger partial charge in [0.25, 0.3) is 0 Å². The third kappa shape index (κ3) is 3.28. The Morgan fingerprint density at radius 1 is 1.53 bits per heavy atom. The molecular formula is C15H20ClNO2. The molecule has 0 bridgehead atoms. The molecular weight excluding hydrogens is 262 g/mol. The number of ketones is 1. The molecule has 1 aliphatic carbocycles. The average molecular weight is 282 g/mol. The average Bonchev–Trinajstić information content (AvgIpc) is 3.16. The maximum Gasteiger partial charge on any atom is 0.163 e. The summed E-state index contributed by atoms with van der Waals surface area (Å²) in [5.41, 5.74) is 1.02. The molecule has 0 saturated heterocycles. The first kappa shape index (κ1) is 14.4. The van der Waals surface area contributed by atoms with Crippen molar-refractivity contribution >= 4 is 17.4 Å². The van der Waals surface area contributed by atoms with E-state index in [2.05, 4.69) is 11.8 Å². The van der Waals surface area contributed by atoms with Crippen molar-refractivity contribution in [3.63, 3.8) is 0 Å². The van der Waals surface area contributed by atoms with E-state index >= 15 is 0 Å². The van der Waals surface area contributed by atoms with E-state index in [4.69, 9.17) is 11.6 Å². The number of benzene rings is 1. The Labute approximate surface area is 119 Å². The number of nitrogens with zero attached hydrogens (tertiary/aromatic N) is 1. The number of halogens is 1. The van der Waals surface area contributed by atoms with Gasteiger partial charge in [0.2, 0.25) is 0 Å². The molecule has 1 saturated carbocycles. The summed E-state index contributed by atoms with van der Waals surface area (Å²) in [5.74, 6) is 0.657. The number of aromatic hydroxyl groups is 1. The molecule has 0 heterocycles. The van der Waals surface area contributed by atoms with Crippen LogP contribution < -0.4 is 0 Å². The molecule has 1 unspecified atom stereocenters. The second-order valence-electron chi connectivity index (χ2n) is 5.51. The molecule has 104 valence electrons. The van der Waals surface area contributed by atoms with Crippen molar-refractivity contribution in [3.05, 3.63) is 28.3 Å². The van der Waals surface area contributed by atoms with Crippen LogP contribution in [0.25, 0.3) is 0 Å². The number of hydrogen-bond acceptors (Lipinski definition) is 3. The Hall–Kier alpha value is -1.06. The smallest absolute Gasteiger partial charge is 0.163 e. The fraction of sp³-hybridized carbons (Fsp3) is 0.533. The monoisotopic (exact) mass is 281 g/mol. The van der Waals surface area contributed by atoms with Crippen molar-refractivity contribution < 1.29 is 9.90 Å². The summed E-state index contributed by atoms with van der Waals surface area (Å²) in [4.78, 5) is 13.7. The number of carbonyl (C=O) groups is 1. The van der Waals surface area contributed by atoms with Crippen LogP contribution in [0.15, 0.2) is 12.1 Å². The van der Waals surface area contributed by atoms with E-state index in [1.807, 2.05) is 7.05 Å². The van der Waals surface area contributed by atoms with Crippen molar-refractivity contribution in [1.82, 2.24) is 4.90 Å². The van der Waals surface area contributed by atoms with E-state index in [9.17, 15) is 9.90 Å². The summed E-state index contributed by atoms with van der Waals surface area (Å²) >= 11 is 6.02. The molecule has 2 rings (SSSR count). The number of phenols is 1. The predicted molar refractivity (Wildman–Crippen MR) is 76.8 cm³/mol. The van der Waals surface area contributed by atoms with Gasteiger partial charge in [-0.3, -0.25) is 9.69 Å².